The van der Waals surface area contributed by atoms with Crippen molar-refractivity contribution >= 4 is 17.0 Å². The molecule has 0 aliphatic rings. The minimum absolute atomic E-state index is 0.140. The first-order valence-corrected chi connectivity index (χ1v) is 11.1. The van der Waals surface area contributed by atoms with E-state index in [1.54, 1.807) is 34.9 Å². The Bertz CT molecular complexity index is 1480. The maximum absolute atomic E-state index is 13.5. The Morgan fingerprint density at radius 1 is 0.944 bits per heavy atom. The number of aromatic carboxylic acids is 1. The van der Waals surface area contributed by atoms with Crippen molar-refractivity contribution in [1.29, 1.82) is 0 Å². The Balaban J connectivity index is 1.82. The fourth-order valence-corrected chi connectivity index (χ4v) is 3.85. The topological polar surface area (TPSA) is 81.4 Å². The molecule has 0 saturated carbocycles. The van der Waals surface area contributed by atoms with Crippen molar-refractivity contribution in [1.82, 2.24) is 9.55 Å². The van der Waals surface area contributed by atoms with Crippen LogP contribution in [0.4, 0.5) is 13.2 Å². The van der Waals surface area contributed by atoms with E-state index in [1.165, 1.54) is 36.4 Å². The van der Waals surface area contributed by atoms with Gasteiger partial charge in [-0.25, -0.2) is 9.78 Å². The highest BCUT2D eigenvalue weighted by Gasteiger charge is 2.31. The average molecular weight is 496 g/mol. The van der Waals surface area contributed by atoms with Crippen LogP contribution in [0.1, 0.15) is 42.4 Å². The molecule has 36 heavy (non-hydrogen) atoms. The van der Waals surface area contributed by atoms with Crippen LogP contribution in [0.15, 0.2) is 71.5 Å². The van der Waals surface area contributed by atoms with Gasteiger partial charge in [-0.05, 0) is 53.1 Å². The zero-order valence-electron chi connectivity index (χ0n) is 19.8. The predicted molar refractivity (Wildman–Crippen MR) is 129 cm³/mol. The zero-order valence-corrected chi connectivity index (χ0v) is 19.8. The van der Waals surface area contributed by atoms with Crippen molar-refractivity contribution in [2.45, 2.75) is 39.1 Å². The summed E-state index contributed by atoms with van der Waals surface area (Å²) in [5, 5.41) is 9.16. The van der Waals surface area contributed by atoms with Crippen LogP contribution in [0.25, 0.3) is 22.2 Å². The van der Waals surface area contributed by atoms with Gasteiger partial charge >= 0.3 is 12.3 Å². The van der Waals surface area contributed by atoms with Gasteiger partial charge in [0.05, 0.1) is 23.1 Å². The lowest BCUT2D eigenvalue weighted by Gasteiger charge is -2.20. The maximum Gasteiger partial charge on any atom is 0.573 e. The first-order valence-electron chi connectivity index (χ1n) is 11.1. The molecule has 4 rings (SSSR count). The lowest BCUT2D eigenvalue weighted by atomic mass is 9.92. The van der Waals surface area contributed by atoms with Gasteiger partial charge in [0.15, 0.2) is 0 Å². The normalized spacial score (nSPS) is 12.1. The number of hydrogen-bond donors (Lipinski definition) is 1. The molecule has 0 spiro atoms. The standard InChI is InChI=1S/C27H23F3N2O4/c1-26(2,3)23-24(33)32(15-16-4-6-18(7-5-16)25(34)35)22-14-19(10-13-21(22)31-23)17-8-11-20(12-9-17)36-27(28,29)30/h4-14H,15H2,1-3H3,(H,34,35). The van der Waals surface area contributed by atoms with Gasteiger partial charge in [0.25, 0.3) is 5.56 Å². The molecule has 0 aliphatic heterocycles. The molecule has 0 amide bonds. The number of fused-ring (bicyclic) bond motifs is 1. The Morgan fingerprint density at radius 2 is 1.56 bits per heavy atom. The number of rotatable bonds is 5. The van der Waals surface area contributed by atoms with Crippen LogP contribution in [0.3, 0.4) is 0 Å². The van der Waals surface area contributed by atoms with Crippen molar-refractivity contribution in [3.05, 3.63) is 93.9 Å². The van der Waals surface area contributed by atoms with E-state index in [1.807, 2.05) is 20.8 Å². The van der Waals surface area contributed by atoms with Gasteiger partial charge < -0.3 is 14.4 Å². The summed E-state index contributed by atoms with van der Waals surface area (Å²) in [6, 6.07) is 17.1. The first kappa shape index (κ1) is 25.0. The van der Waals surface area contributed by atoms with Crippen LogP contribution in [0.2, 0.25) is 0 Å². The molecule has 1 heterocycles. The summed E-state index contributed by atoms with van der Waals surface area (Å²) in [5.41, 5.74) is 2.91. The van der Waals surface area contributed by atoms with E-state index in [0.29, 0.717) is 27.9 Å². The summed E-state index contributed by atoms with van der Waals surface area (Å²) in [7, 11) is 0. The molecule has 1 N–H and O–H groups in total. The highest BCUT2D eigenvalue weighted by molar-refractivity contribution is 5.87. The van der Waals surface area contributed by atoms with Gasteiger partial charge in [0.1, 0.15) is 11.4 Å². The molecule has 0 unspecified atom stereocenters. The third kappa shape index (κ3) is 5.40. The van der Waals surface area contributed by atoms with Crippen LogP contribution in [-0.2, 0) is 12.0 Å². The number of aromatic nitrogens is 2. The molecule has 0 radical (unpaired) electrons. The second kappa shape index (κ2) is 9.14. The van der Waals surface area contributed by atoms with Crippen LogP contribution < -0.4 is 10.3 Å². The lowest BCUT2D eigenvalue weighted by molar-refractivity contribution is -0.274. The Labute approximate surface area is 204 Å². The molecule has 3 aromatic carbocycles. The molecule has 0 atom stereocenters. The molecule has 4 aromatic rings. The maximum atomic E-state index is 13.5. The average Bonchev–Trinajstić information content (AvgIpc) is 2.79. The molecular weight excluding hydrogens is 473 g/mol. The number of carboxylic acid groups (broad SMARTS) is 1. The minimum atomic E-state index is -4.78. The summed E-state index contributed by atoms with van der Waals surface area (Å²) < 4.78 is 43.0. The SMILES string of the molecule is CC(C)(C)c1nc2ccc(-c3ccc(OC(F)(F)F)cc3)cc2n(Cc2ccc(C(=O)O)cc2)c1=O. The second-order valence-electron chi connectivity index (χ2n) is 9.38. The van der Waals surface area contributed by atoms with Crippen molar-refractivity contribution < 1.29 is 27.8 Å². The third-order valence-corrected chi connectivity index (χ3v) is 5.62. The summed E-state index contributed by atoms with van der Waals surface area (Å²) in [6.45, 7) is 5.87. The van der Waals surface area contributed by atoms with Gasteiger partial charge in [0.2, 0.25) is 0 Å². The number of carbonyl (C=O) groups is 1. The highest BCUT2D eigenvalue weighted by Crippen LogP contribution is 2.29. The van der Waals surface area contributed by atoms with Crippen molar-refractivity contribution in [2.75, 3.05) is 0 Å². The second-order valence-corrected chi connectivity index (χ2v) is 9.38. The van der Waals surface area contributed by atoms with Crippen molar-refractivity contribution in [3.8, 4) is 16.9 Å². The van der Waals surface area contributed by atoms with Gasteiger partial charge in [-0.2, -0.15) is 0 Å². The Hall–Kier alpha value is -4.14. The third-order valence-electron chi connectivity index (χ3n) is 5.62. The fraction of sp³-hybridized carbons (Fsp3) is 0.222. The summed E-state index contributed by atoms with van der Waals surface area (Å²) in [5.74, 6) is -1.37. The minimum Gasteiger partial charge on any atom is -0.478 e. The van der Waals surface area contributed by atoms with E-state index in [0.717, 1.165) is 5.56 Å². The van der Waals surface area contributed by atoms with Crippen molar-refractivity contribution in [2.24, 2.45) is 0 Å². The number of halogens is 3. The van der Waals surface area contributed by atoms with Crippen LogP contribution >= 0.6 is 0 Å². The first-order chi connectivity index (χ1) is 16.8. The number of benzene rings is 3. The van der Waals surface area contributed by atoms with Gasteiger partial charge in [0, 0.05) is 5.41 Å². The van der Waals surface area contributed by atoms with Crippen molar-refractivity contribution in [3.63, 3.8) is 0 Å². The van der Waals surface area contributed by atoms with E-state index >= 15 is 0 Å². The summed E-state index contributed by atoms with van der Waals surface area (Å²) in [4.78, 5) is 29.3. The summed E-state index contributed by atoms with van der Waals surface area (Å²) in [6.07, 6.45) is -4.78. The Morgan fingerprint density at radius 3 is 2.11 bits per heavy atom. The summed E-state index contributed by atoms with van der Waals surface area (Å²) >= 11 is 0. The predicted octanol–water partition coefficient (Wildman–Crippen LogP) is 6.01. The number of hydrogen-bond acceptors (Lipinski definition) is 4. The van der Waals surface area contributed by atoms with E-state index in [2.05, 4.69) is 9.72 Å². The lowest BCUT2D eigenvalue weighted by Crippen LogP contribution is -2.32. The van der Waals surface area contributed by atoms with Gasteiger partial charge in [-0.15, -0.1) is 13.2 Å². The van der Waals surface area contributed by atoms with Crippen LogP contribution in [-0.4, -0.2) is 27.0 Å². The van der Waals surface area contributed by atoms with E-state index < -0.39 is 17.7 Å². The van der Waals surface area contributed by atoms with Crippen LogP contribution in [0, 0.1) is 0 Å². The molecule has 0 aliphatic carbocycles. The Kier molecular flexibility index (Phi) is 6.34. The number of nitrogens with zero attached hydrogens (tertiary/aromatic N) is 2. The van der Waals surface area contributed by atoms with Gasteiger partial charge in [-0.3, -0.25) is 4.79 Å². The molecule has 0 saturated heterocycles. The van der Waals surface area contributed by atoms with Gasteiger partial charge in [-0.1, -0.05) is 51.1 Å². The molecule has 0 bridgehead atoms. The molecule has 186 valence electrons. The monoisotopic (exact) mass is 496 g/mol. The van der Waals surface area contributed by atoms with E-state index in [4.69, 9.17) is 5.11 Å². The molecular formula is C27H23F3N2O4. The quantitative estimate of drug-likeness (QED) is 0.366. The van der Waals surface area contributed by atoms with E-state index in [-0.39, 0.29) is 23.4 Å². The molecule has 1 aromatic heterocycles. The number of carboxylic acids is 1. The highest BCUT2D eigenvalue weighted by atomic mass is 19.4. The molecule has 0 fully saturated rings. The fourth-order valence-electron chi connectivity index (χ4n) is 3.85. The molecule has 9 heteroatoms. The number of ether oxygens (including phenoxy) is 1. The number of alkyl halides is 3. The van der Waals surface area contributed by atoms with E-state index in [9.17, 15) is 22.8 Å². The largest absolute Gasteiger partial charge is 0.573 e. The smallest absolute Gasteiger partial charge is 0.478 e. The van der Waals surface area contributed by atoms with Crippen LogP contribution in [0.5, 0.6) is 5.75 Å². The molecule has 6 nitrogen and oxygen atoms in total. The zero-order chi connectivity index (χ0) is 26.3.